The first-order valence-corrected chi connectivity index (χ1v) is 13.6. The van der Waals surface area contributed by atoms with Crippen molar-refractivity contribution in [1.82, 2.24) is 0 Å². The standard InChI is InChI=1S/C31H38F4O/c1-3-4-19-36-27-18-15-24(28(32)31(27)35)14-9-21-7-12-23(13-8-21)26-17-16-25(29(33)30(26)34)22-10-5-20(2)6-11-22/h3,15-18,20-23H,1,4-14,19H2,2H3. The van der Waals surface area contributed by atoms with E-state index in [2.05, 4.69) is 13.5 Å². The first-order chi connectivity index (χ1) is 17.4. The smallest absolute Gasteiger partial charge is 0.200 e. The molecule has 2 aromatic rings. The molecule has 2 aromatic carbocycles. The van der Waals surface area contributed by atoms with E-state index in [1.54, 1.807) is 12.1 Å². The van der Waals surface area contributed by atoms with E-state index in [4.69, 9.17) is 4.74 Å². The molecule has 4 rings (SSSR count). The van der Waals surface area contributed by atoms with Gasteiger partial charge in [-0.2, -0.15) is 4.39 Å². The van der Waals surface area contributed by atoms with Crippen molar-refractivity contribution in [1.29, 1.82) is 0 Å². The van der Waals surface area contributed by atoms with Gasteiger partial charge in [-0.05, 0) is 104 Å². The van der Waals surface area contributed by atoms with Gasteiger partial charge in [0, 0.05) is 0 Å². The number of benzene rings is 2. The van der Waals surface area contributed by atoms with E-state index in [1.807, 2.05) is 12.1 Å². The predicted molar refractivity (Wildman–Crippen MR) is 136 cm³/mol. The van der Waals surface area contributed by atoms with Crippen LogP contribution in [0.15, 0.2) is 36.9 Å². The average Bonchev–Trinajstić information content (AvgIpc) is 2.89. The van der Waals surface area contributed by atoms with Crippen LogP contribution in [0.2, 0.25) is 0 Å². The van der Waals surface area contributed by atoms with Gasteiger partial charge in [-0.3, -0.25) is 0 Å². The zero-order valence-electron chi connectivity index (χ0n) is 21.3. The maximum absolute atomic E-state index is 15.1. The fourth-order valence-corrected chi connectivity index (χ4v) is 6.03. The Morgan fingerprint density at radius 2 is 1.36 bits per heavy atom. The Labute approximate surface area is 212 Å². The summed E-state index contributed by atoms with van der Waals surface area (Å²) in [7, 11) is 0. The molecule has 5 heteroatoms. The van der Waals surface area contributed by atoms with Crippen molar-refractivity contribution < 1.29 is 22.3 Å². The van der Waals surface area contributed by atoms with Crippen molar-refractivity contribution in [3.63, 3.8) is 0 Å². The highest BCUT2D eigenvalue weighted by molar-refractivity contribution is 5.33. The molecule has 0 atom stereocenters. The van der Waals surface area contributed by atoms with Crippen LogP contribution in [0.1, 0.15) is 99.7 Å². The molecular weight excluding hydrogens is 464 g/mol. The SMILES string of the molecule is C=CCCOc1ccc(CCC2CCC(c3ccc(C4CCC(C)CC4)c(F)c3F)CC2)c(F)c1F. The van der Waals surface area contributed by atoms with Crippen LogP contribution in [0.5, 0.6) is 5.75 Å². The molecule has 0 spiro atoms. The molecule has 0 unspecified atom stereocenters. The number of halogens is 4. The van der Waals surface area contributed by atoms with Crippen molar-refractivity contribution in [2.24, 2.45) is 11.8 Å². The molecule has 36 heavy (non-hydrogen) atoms. The Morgan fingerprint density at radius 1 is 0.778 bits per heavy atom. The summed E-state index contributed by atoms with van der Waals surface area (Å²) in [4.78, 5) is 0. The summed E-state index contributed by atoms with van der Waals surface area (Å²) in [6, 6.07) is 6.72. The summed E-state index contributed by atoms with van der Waals surface area (Å²) >= 11 is 0. The van der Waals surface area contributed by atoms with E-state index < -0.39 is 23.3 Å². The lowest BCUT2D eigenvalue weighted by molar-refractivity contribution is 0.296. The third-order valence-corrected chi connectivity index (χ3v) is 8.41. The van der Waals surface area contributed by atoms with Gasteiger partial charge in [-0.25, -0.2) is 13.2 Å². The van der Waals surface area contributed by atoms with Crippen LogP contribution in [-0.2, 0) is 6.42 Å². The fraction of sp³-hybridized carbons (Fsp3) is 0.548. The molecule has 0 heterocycles. The van der Waals surface area contributed by atoms with Gasteiger partial charge < -0.3 is 4.74 Å². The molecule has 0 amide bonds. The quantitative estimate of drug-likeness (QED) is 0.188. The predicted octanol–water partition coefficient (Wildman–Crippen LogP) is 9.40. The number of hydrogen-bond acceptors (Lipinski definition) is 1. The van der Waals surface area contributed by atoms with Gasteiger partial charge in [-0.1, -0.05) is 44.0 Å². The molecule has 0 radical (unpaired) electrons. The first kappa shape index (κ1) is 26.8. The second kappa shape index (κ2) is 12.3. The monoisotopic (exact) mass is 502 g/mol. The van der Waals surface area contributed by atoms with Crippen LogP contribution in [-0.4, -0.2) is 6.61 Å². The lowest BCUT2D eigenvalue weighted by atomic mass is 9.75. The maximum atomic E-state index is 15.1. The Hall–Kier alpha value is -2.30. The number of aryl methyl sites for hydroxylation is 1. The van der Waals surface area contributed by atoms with E-state index in [9.17, 15) is 8.78 Å². The topological polar surface area (TPSA) is 9.23 Å². The third-order valence-electron chi connectivity index (χ3n) is 8.41. The van der Waals surface area contributed by atoms with Gasteiger partial charge in [0.25, 0.3) is 0 Å². The largest absolute Gasteiger partial charge is 0.490 e. The number of rotatable bonds is 9. The zero-order chi connectivity index (χ0) is 25.7. The van der Waals surface area contributed by atoms with Crippen molar-refractivity contribution in [3.8, 4) is 5.75 Å². The molecule has 2 saturated carbocycles. The third kappa shape index (κ3) is 6.15. The number of ether oxygens (including phenoxy) is 1. The average molecular weight is 503 g/mol. The van der Waals surface area contributed by atoms with Crippen LogP contribution in [0, 0.1) is 35.1 Å². The van der Waals surface area contributed by atoms with Gasteiger partial charge >= 0.3 is 0 Å². The second-order valence-electron chi connectivity index (χ2n) is 10.9. The van der Waals surface area contributed by atoms with Gasteiger partial charge in [0.05, 0.1) is 6.61 Å². The molecule has 0 N–H and O–H groups in total. The molecule has 2 fully saturated rings. The minimum atomic E-state index is -0.941. The summed E-state index contributed by atoms with van der Waals surface area (Å²) < 4.78 is 64.2. The van der Waals surface area contributed by atoms with Crippen LogP contribution in [0.4, 0.5) is 17.6 Å². The van der Waals surface area contributed by atoms with Crippen LogP contribution in [0.3, 0.4) is 0 Å². The highest BCUT2D eigenvalue weighted by atomic mass is 19.2. The molecule has 2 aliphatic carbocycles. The summed E-state index contributed by atoms with van der Waals surface area (Å²) in [5.41, 5.74) is 1.40. The molecule has 0 aromatic heterocycles. The van der Waals surface area contributed by atoms with Crippen LogP contribution >= 0.6 is 0 Å². The molecule has 196 valence electrons. The second-order valence-corrected chi connectivity index (χ2v) is 10.9. The van der Waals surface area contributed by atoms with Crippen molar-refractivity contribution >= 4 is 0 Å². The summed E-state index contributed by atoms with van der Waals surface area (Å²) in [5.74, 6) is -2.00. The zero-order valence-corrected chi connectivity index (χ0v) is 21.3. The highest BCUT2D eigenvalue weighted by Gasteiger charge is 2.29. The summed E-state index contributed by atoms with van der Waals surface area (Å²) in [6.07, 6.45) is 10.7. The van der Waals surface area contributed by atoms with Crippen molar-refractivity contribution in [2.45, 2.75) is 89.4 Å². The minimum absolute atomic E-state index is 0.0114. The molecule has 0 bridgehead atoms. The Morgan fingerprint density at radius 3 is 1.94 bits per heavy atom. The van der Waals surface area contributed by atoms with Gasteiger partial charge in [-0.15, -0.1) is 6.58 Å². The van der Waals surface area contributed by atoms with E-state index in [0.29, 0.717) is 41.4 Å². The molecule has 0 saturated heterocycles. The first-order valence-electron chi connectivity index (χ1n) is 13.6. The van der Waals surface area contributed by atoms with E-state index in [0.717, 1.165) is 57.8 Å². The number of hydrogen-bond donors (Lipinski definition) is 0. The Balaban J connectivity index is 1.31. The van der Waals surface area contributed by atoms with Crippen LogP contribution < -0.4 is 4.74 Å². The molecular formula is C31H38F4O. The van der Waals surface area contributed by atoms with Gasteiger partial charge in [0.1, 0.15) is 0 Å². The van der Waals surface area contributed by atoms with E-state index in [1.165, 1.54) is 6.07 Å². The molecule has 2 aliphatic rings. The van der Waals surface area contributed by atoms with E-state index in [-0.39, 0.29) is 24.2 Å². The molecule has 1 nitrogen and oxygen atoms in total. The lowest BCUT2D eigenvalue weighted by Gasteiger charge is -2.30. The summed E-state index contributed by atoms with van der Waals surface area (Å²) in [5, 5.41) is 0. The van der Waals surface area contributed by atoms with Crippen LogP contribution in [0.25, 0.3) is 0 Å². The lowest BCUT2D eigenvalue weighted by Crippen LogP contribution is -2.17. The van der Waals surface area contributed by atoms with Crippen molar-refractivity contribution in [3.05, 3.63) is 76.9 Å². The molecule has 0 aliphatic heterocycles. The minimum Gasteiger partial charge on any atom is -0.490 e. The van der Waals surface area contributed by atoms with E-state index >= 15 is 8.78 Å². The Bertz CT molecular complexity index is 1030. The summed E-state index contributed by atoms with van der Waals surface area (Å²) in [6.45, 7) is 6.07. The Kier molecular flexibility index (Phi) is 9.14. The normalized spacial score (nSPS) is 24.5. The van der Waals surface area contributed by atoms with Crippen molar-refractivity contribution in [2.75, 3.05) is 6.61 Å². The van der Waals surface area contributed by atoms with Gasteiger partial charge in [0.15, 0.2) is 23.2 Å². The highest BCUT2D eigenvalue weighted by Crippen LogP contribution is 2.42. The van der Waals surface area contributed by atoms with Gasteiger partial charge in [0.2, 0.25) is 5.82 Å². The fourth-order valence-electron chi connectivity index (χ4n) is 6.03. The maximum Gasteiger partial charge on any atom is 0.200 e.